The summed E-state index contributed by atoms with van der Waals surface area (Å²) in [5.74, 6) is -0.0217. The largest absolute Gasteiger partial charge is 0.491 e. The van der Waals surface area contributed by atoms with Gasteiger partial charge in [-0.05, 0) is 38.3 Å². The molecule has 0 aromatic heterocycles. The van der Waals surface area contributed by atoms with Crippen LogP contribution in [-0.2, 0) is 4.79 Å². The van der Waals surface area contributed by atoms with Gasteiger partial charge in [0.1, 0.15) is 5.75 Å². The van der Waals surface area contributed by atoms with E-state index in [9.17, 15) is 9.90 Å². The number of carboxylic acids is 1. The van der Waals surface area contributed by atoms with Crippen LogP contribution in [0, 0.1) is 5.92 Å². The van der Waals surface area contributed by atoms with Gasteiger partial charge in [-0.2, -0.15) is 0 Å². The Kier molecular flexibility index (Phi) is 4.46. The van der Waals surface area contributed by atoms with Gasteiger partial charge in [0.2, 0.25) is 0 Å². The van der Waals surface area contributed by atoms with Crippen LogP contribution in [0.15, 0.2) is 24.3 Å². The van der Waals surface area contributed by atoms with Crippen molar-refractivity contribution in [3.63, 3.8) is 0 Å². The molecule has 0 amide bonds. The summed E-state index contributed by atoms with van der Waals surface area (Å²) in [6.45, 7) is 3.98. The molecule has 0 radical (unpaired) electrons. The molecule has 0 aliphatic heterocycles. The van der Waals surface area contributed by atoms with E-state index in [1.54, 1.807) is 0 Å². The predicted molar refractivity (Wildman–Crippen MR) is 74.5 cm³/mol. The fourth-order valence-electron chi connectivity index (χ4n) is 2.95. The topological polar surface area (TPSA) is 46.5 Å². The number of hydrogen-bond acceptors (Lipinski definition) is 2. The highest BCUT2D eigenvalue weighted by molar-refractivity contribution is 5.71. The molecule has 3 nitrogen and oxygen atoms in total. The minimum atomic E-state index is -0.677. The number of rotatable bonds is 4. The molecule has 3 heteroatoms. The summed E-state index contributed by atoms with van der Waals surface area (Å²) in [6.07, 6.45) is 3.93. The third-order valence-electron chi connectivity index (χ3n) is 3.76. The Morgan fingerprint density at radius 3 is 2.63 bits per heavy atom. The molecule has 2 atom stereocenters. The molecule has 104 valence electrons. The van der Waals surface area contributed by atoms with Gasteiger partial charge in [-0.15, -0.1) is 0 Å². The first kappa shape index (κ1) is 13.9. The maximum absolute atomic E-state index is 11.4. The van der Waals surface area contributed by atoms with Crippen molar-refractivity contribution in [2.45, 2.75) is 51.6 Å². The number of hydrogen-bond donors (Lipinski definition) is 1. The lowest BCUT2D eigenvalue weighted by molar-refractivity contribution is -0.143. The van der Waals surface area contributed by atoms with Crippen LogP contribution >= 0.6 is 0 Å². The van der Waals surface area contributed by atoms with Gasteiger partial charge in [0.15, 0.2) is 0 Å². The van der Waals surface area contributed by atoms with Gasteiger partial charge in [0.25, 0.3) is 0 Å². The Hall–Kier alpha value is -1.51. The Morgan fingerprint density at radius 2 is 1.95 bits per heavy atom. The lowest BCUT2D eigenvalue weighted by Gasteiger charge is -2.30. The predicted octanol–water partition coefficient (Wildman–Crippen LogP) is 3.83. The molecule has 2 unspecified atom stereocenters. The molecule has 0 spiro atoms. The zero-order chi connectivity index (χ0) is 13.8. The van der Waals surface area contributed by atoms with Crippen molar-refractivity contribution in [2.75, 3.05) is 0 Å². The van der Waals surface area contributed by atoms with E-state index in [1.165, 1.54) is 0 Å². The Balaban J connectivity index is 2.30. The lowest BCUT2D eigenvalue weighted by atomic mass is 9.75. The molecule has 0 bridgehead atoms. The first-order valence-electron chi connectivity index (χ1n) is 7.08. The van der Waals surface area contributed by atoms with Gasteiger partial charge in [0, 0.05) is 5.92 Å². The van der Waals surface area contributed by atoms with Gasteiger partial charge < -0.3 is 9.84 Å². The maximum atomic E-state index is 11.4. The molecule has 1 aromatic carbocycles. The molecule has 0 heterocycles. The third kappa shape index (κ3) is 3.28. The molecule has 1 aliphatic carbocycles. The van der Waals surface area contributed by atoms with Crippen molar-refractivity contribution in [3.05, 3.63) is 29.8 Å². The van der Waals surface area contributed by atoms with E-state index in [0.29, 0.717) is 0 Å². The van der Waals surface area contributed by atoms with E-state index < -0.39 is 5.97 Å². The Labute approximate surface area is 114 Å². The summed E-state index contributed by atoms with van der Waals surface area (Å²) in [7, 11) is 0. The first-order chi connectivity index (χ1) is 9.09. The van der Waals surface area contributed by atoms with Crippen LogP contribution < -0.4 is 4.74 Å². The van der Waals surface area contributed by atoms with Gasteiger partial charge in [-0.25, -0.2) is 0 Å². The van der Waals surface area contributed by atoms with Gasteiger partial charge in [0.05, 0.1) is 12.0 Å². The van der Waals surface area contributed by atoms with E-state index in [-0.39, 0.29) is 17.9 Å². The highest BCUT2D eigenvalue weighted by atomic mass is 16.5. The average Bonchev–Trinajstić information content (AvgIpc) is 2.38. The summed E-state index contributed by atoms with van der Waals surface area (Å²) in [5.41, 5.74) is 1.06. The number of carboxylic acid groups (broad SMARTS) is 1. The SMILES string of the molecule is CC(C)Oc1ccccc1C1CCCCC1C(=O)O. The summed E-state index contributed by atoms with van der Waals surface area (Å²) in [4.78, 5) is 11.4. The fraction of sp³-hybridized carbons (Fsp3) is 0.562. The minimum absolute atomic E-state index is 0.0844. The number of para-hydroxylation sites is 1. The van der Waals surface area contributed by atoms with Gasteiger partial charge in [-0.1, -0.05) is 31.0 Å². The van der Waals surface area contributed by atoms with Gasteiger partial charge >= 0.3 is 5.97 Å². The molecule has 0 saturated heterocycles. The van der Waals surface area contributed by atoms with Crippen molar-refractivity contribution < 1.29 is 14.6 Å². The van der Waals surface area contributed by atoms with Gasteiger partial charge in [-0.3, -0.25) is 4.79 Å². The smallest absolute Gasteiger partial charge is 0.307 e. The number of aliphatic carboxylic acids is 1. The van der Waals surface area contributed by atoms with E-state index >= 15 is 0 Å². The summed E-state index contributed by atoms with van der Waals surface area (Å²) in [5, 5.41) is 9.40. The van der Waals surface area contributed by atoms with E-state index in [1.807, 2.05) is 38.1 Å². The average molecular weight is 262 g/mol. The number of ether oxygens (including phenoxy) is 1. The van der Waals surface area contributed by atoms with Crippen LogP contribution in [0.2, 0.25) is 0 Å². The summed E-state index contributed by atoms with van der Waals surface area (Å²) < 4.78 is 5.83. The molecular formula is C16H22O3. The molecule has 2 rings (SSSR count). The van der Waals surface area contributed by atoms with Crippen molar-refractivity contribution in [3.8, 4) is 5.75 Å². The second kappa shape index (κ2) is 6.09. The molecule has 1 aromatic rings. The summed E-state index contributed by atoms with van der Waals surface area (Å²) >= 11 is 0. The molecule has 19 heavy (non-hydrogen) atoms. The van der Waals surface area contributed by atoms with Crippen LogP contribution in [0.1, 0.15) is 51.0 Å². The molecule has 1 saturated carbocycles. The first-order valence-corrected chi connectivity index (χ1v) is 7.08. The van der Waals surface area contributed by atoms with Crippen molar-refractivity contribution in [2.24, 2.45) is 5.92 Å². The molecule has 1 N–H and O–H groups in total. The van der Waals surface area contributed by atoms with Crippen molar-refractivity contribution in [1.82, 2.24) is 0 Å². The van der Waals surface area contributed by atoms with E-state index in [0.717, 1.165) is 37.0 Å². The maximum Gasteiger partial charge on any atom is 0.307 e. The van der Waals surface area contributed by atoms with Crippen molar-refractivity contribution in [1.29, 1.82) is 0 Å². The second-order valence-corrected chi connectivity index (χ2v) is 5.54. The zero-order valence-electron chi connectivity index (χ0n) is 11.6. The number of benzene rings is 1. The standard InChI is InChI=1S/C16H22O3/c1-11(2)19-15-10-6-5-8-13(15)12-7-3-4-9-14(12)16(17)18/h5-6,8,10-12,14H,3-4,7,9H2,1-2H3,(H,17,18). The Morgan fingerprint density at radius 1 is 1.26 bits per heavy atom. The molecule has 1 fully saturated rings. The van der Waals surface area contributed by atoms with Crippen LogP contribution in [0.5, 0.6) is 5.75 Å². The van der Waals surface area contributed by atoms with Crippen LogP contribution in [0.4, 0.5) is 0 Å². The molecular weight excluding hydrogens is 240 g/mol. The summed E-state index contributed by atoms with van der Waals surface area (Å²) in [6, 6.07) is 7.88. The van der Waals surface area contributed by atoms with Crippen LogP contribution in [0.25, 0.3) is 0 Å². The van der Waals surface area contributed by atoms with Crippen molar-refractivity contribution >= 4 is 5.97 Å². The lowest BCUT2D eigenvalue weighted by Crippen LogP contribution is -2.26. The Bertz CT molecular complexity index is 439. The van der Waals surface area contributed by atoms with E-state index in [2.05, 4.69) is 0 Å². The highest BCUT2D eigenvalue weighted by Gasteiger charge is 2.33. The third-order valence-corrected chi connectivity index (χ3v) is 3.76. The highest BCUT2D eigenvalue weighted by Crippen LogP contribution is 2.41. The fourth-order valence-corrected chi connectivity index (χ4v) is 2.95. The number of carbonyl (C=O) groups is 1. The van der Waals surface area contributed by atoms with Crippen LogP contribution in [0.3, 0.4) is 0 Å². The van der Waals surface area contributed by atoms with Crippen LogP contribution in [-0.4, -0.2) is 17.2 Å². The normalized spacial score (nSPS) is 23.3. The molecule has 1 aliphatic rings. The minimum Gasteiger partial charge on any atom is -0.491 e. The zero-order valence-corrected chi connectivity index (χ0v) is 11.6. The monoisotopic (exact) mass is 262 g/mol. The van der Waals surface area contributed by atoms with E-state index in [4.69, 9.17) is 4.74 Å². The quantitative estimate of drug-likeness (QED) is 0.897. The second-order valence-electron chi connectivity index (χ2n) is 5.54.